The topological polar surface area (TPSA) is 70.6 Å². The van der Waals surface area contributed by atoms with Crippen LogP contribution in [0.15, 0.2) is 87.7 Å². The van der Waals surface area contributed by atoms with E-state index in [1.165, 1.54) is 38.1 Å². The van der Waals surface area contributed by atoms with E-state index in [-0.39, 0.29) is 22.6 Å². The zero-order valence-electron chi connectivity index (χ0n) is 17.7. The highest BCUT2D eigenvalue weighted by Crippen LogP contribution is 2.43. The van der Waals surface area contributed by atoms with Crippen molar-refractivity contribution in [3.8, 4) is 0 Å². The molecule has 32 heavy (non-hydrogen) atoms. The predicted molar refractivity (Wildman–Crippen MR) is 130 cm³/mol. The summed E-state index contributed by atoms with van der Waals surface area (Å²) in [6.45, 7) is 0. The van der Waals surface area contributed by atoms with E-state index in [0.717, 1.165) is 26.2 Å². The first kappa shape index (κ1) is 22.8. The molecule has 4 rings (SSSR count). The summed E-state index contributed by atoms with van der Waals surface area (Å²) in [5.41, 5.74) is 2.02. The number of aromatic nitrogens is 1. The number of hydrogen-bond donors (Lipinski definition) is 0. The lowest BCUT2D eigenvalue weighted by Gasteiger charge is -2.37. The van der Waals surface area contributed by atoms with Crippen molar-refractivity contribution in [2.45, 2.75) is 20.9 Å². The Morgan fingerprint density at radius 2 is 1.81 bits per heavy atom. The molecule has 1 aliphatic heterocycles. The van der Waals surface area contributed by atoms with Crippen molar-refractivity contribution in [3.05, 3.63) is 78.5 Å². The SMILES string of the molecule is CN(C)S(=O)(=O)c1ccc(SCC(=O)N2c3ccccc3SCC2c2ccccc2)nc1. The van der Waals surface area contributed by atoms with Gasteiger partial charge in [0.05, 0.1) is 22.5 Å². The van der Waals surface area contributed by atoms with Crippen LogP contribution in [0.3, 0.4) is 0 Å². The van der Waals surface area contributed by atoms with Crippen LogP contribution < -0.4 is 4.90 Å². The fourth-order valence-electron chi connectivity index (χ4n) is 3.44. The summed E-state index contributed by atoms with van der Waals surface area (Å²) in [6, 6.07) is 21.1. The lowest BCUT2D eigenvalue weighted by Crippen LogP contribution is -2.39. The van der Waals surface area contributed by atoms with Gasteiger partial charge in [-0.2, -0.15) is 0 Å². The number of benzene rings is 2. The lowest BCUT2D eigenvalue weighted by atomic mass is 10.1. The number of thioether (sulfide) groups is 2. The van der Waals surface area contributed by atoms with Crippen LogP contribution in [0.5, 0.6) is 0 Å². The summed E-state index contributed by atoms with van der Waals surface area (Å²) in [4.78, 5) is 20.8. The standard InChI is InChI=1S/C23H23N3O3S3/c1-25(2)32(28,29)18-12-13-22(24-14-18)31-16-23(27)26-19-10-6-7-11-21(19)30-15-20(26)17-8-4-3-5-9-17/h3-14,20H,15-16H2,1-2H3. The third kappa shape index (κ3) is 4.71. The summed E-state index contributed by atoms with van der Waals surface area (Å²) in [7, 11) is -0.568. The van der Waals surface area contributed by atoms with E-state index in [1.807, 2.05) is 47.4 Å². The molecule has 1 aliphatic rings. The van der Waals surface area contributed by atoms with Crippen LogP contribution in [0.1, 0.15) is 11.6 Å². The molecule has 0 saturated carbocycles. The van der Waals surface area contributed by atoms with Gasteiger partial charge in [-0.25, -0.2) is 17.7 Å². The average molecular weight is 486 g/mol. The Labute approximate surface area is 197 Å². The van der Waals surface area contributed by atoms with Crippen molar-refractivity contribution in [2.75, 3.05) is 30.5 Å². The van der Waals surface area contributed by atoms with E-state index < -0.39 is 10.0 Å². The summed E-state index contributed by atoms with van der Waals surface area (Å²) in [6.07, 6.45) is 1.34. The highest BCUT2D eigenvalue weighted by Gasteiger charge is 2.32. The van der Waals surface area contributed by atoms with E-state index >= 15 is 0 Å². The molecule has 0 N–H and O–H groups in total. The smallest absolute Gasteiger partial charge is 0.244 e. The van der Waals surface area contributed by atoms with E-state index in [9.17, 15) is 13.2 Å². The second kappa shape index (κ2) is 9.66. The summed E-state index contributed by atoms with van der Waals surface area (Å²) >= 11 is 3.06. The number of rotatable bonds is 6. The van der Waals surface area contributed by atoms with E-state index in [0.29, 0.717) is 5.03 Å². The Bertz CT molecular complexity index is 1200. The molecule has 166 valence electrons. The largest absolute Gasteiger partial charge is 0.302 e. The van der Waals surface area contributed by atoms with Gasteiger partial charge in [-0.1, -0.05) is 54.2 Å². The molecule has 6 nitrogen and oxygen atoms in total. The van der Waals surface area contributed by atoms with Crippen LogP contribution in [0.25, 0.3) is 0 Å². The first-order valence-electron chi connectivity index (χ1n) is 9.98. The summed E-state index contributed by atoms with van der Waals surface area (Å²) in [5.74, 6) is 0.977. The Hall–Kier alpha value is -2.33. The zero-order chi connectivity index (χ0) is 22.7. The van der Waals surface area contributed by atoms with Gasteiger partial charge in [-0.3, -0.25) is 4.79 Å². The molecule has 0 saturated heterocycles. The highest BCUT2D eigenvalue weighted by molar-refractivity contribution is 8.00. The average Bonchev–Trinajstić information content (AvgIpc) is 2.82. The quantitative estimate of drug-likeness (QED) is 0.485. The Balaban J connectivity index is 1.54. The number of fused-ring (bicyclic) bond motifs is 1. The predicted octanol–water partition coefficient (Wildman–Crippen LogP) is 4.30. The van der Waals surface area contributed by atoms with Gasteiger partial charge in [0.2, 0.25) is 15.9 Å². The molecule has 3 aromatic rings. The van der Waals surface area contributed by atoms with Gasteiger partial charge in [-0.15, -0.1) is 11.8 Å². The molecular weight excluding hydrogens is 462 g/mol. The lowest BCUT2D eigenvalue weighted by molar-refractivity contribution is -0.116. The fraction of sp³-hybridized carbons (Fsp3) is 0.217. The molecule has 1 amide bonds. The van der Waals surface area contributed by atoms with Gasteiger partial charge >= 0.3 is 0 Å². The number of carbonyl (C=O) groups is 1. The third-order valence-electron chi connectivity index (χ3n) is 5.12. The van der Waals surface area contributed by atoms with Crippen molar-refractivity contribution >= 4 is 45.1 Å². The third-order valence-corrected chi connectivity index (χ3v) is 8.98. The van der Waals surface area contributed by atoms with E-state index in [1.54, 1.807) is 17.8 Å². The van der Waals surface area contributed by atoms with Gasteiger partial charge in [0.1, 0.15) is 4.90 Å². The fourth-order valence-corrected chi connectivity index (χ4v) is 6.16. The Morgan fingerprint density at radius 1 is 1.09 bits per heavy atom. The molecule has 0 radical (unpaired) electrons. The first-order chi connectivity index (χ1) is 15.4. The second-order valence-corrected chi connectivity index (χ2v) is 11.6. The van der Waals surface area contributed by atoms with Crippen LogP contribution in [0.4, 0.5) is 5.69 Å². The minimum atomic E-state index is -3.53. The van der Waals surface area contributed by atoms with Crippen molar-refractivity contribution in [2.24, 2.45) is 0 Å². The van der Waals surface area contributed by atoms with Crippen LogP contribution in [0, 0.1) is 0 Å². The summed E-state index contributed by atoms with van der Waals surface area (Å²) < 4.78 is 25.6. The van der Waals surface area contributed by atoms with Gasteiger partial charge in [-0.05, 0) is 29.8 Å². The number of para-hydroxylation sites is 1. The number of nitrogens with zero attached hydrogens (tertiary/aromatic N) is 3. The molecule has 0 aliphatic carbocycles. The highest BCUT2D eigenvalue weighted by atomic mass is 32.2. The maximum absolute atomic E-state index is 13.4. The number of anilines is 1. The number of pyridine rings is 1. The Morgan fingerprint density at radius 3 is 2.50 bits per heavy atom. The monoisotopic (exact) mass is 485 g/mol. The number of hydrogen-bond acceptors (Lipinski definition) is 6. The molecular formula is C23H23N3O3S3. The van der Waals surface area contributed by atoms with Gasteiger partial charge in [0.25, 0.3) is 0 Å². The minimum Gasteiger partial charge on any atom is -0.302 e. The van der Waals surface area contributed by atoms with Crippen LogP contribution in [-0.4, -0.2) is 49.2 Å². The van der Waals surface area contributed by atoms with E-state index in [4.69, 9.17) is 0 Å². The van der Waals surface area contributed by atoms with Crippen molar-refractivity contribution in [3.63, 3.8) is 0 Å². The molecule has 2 aromatic carbocycles. The Kier molecular flexibility index (Phi) is 6.90. The van der Waals surface area contributed by atoms with Crippen molar-refractivity contribution in [1.29, 1.82) is 0 Å². The number of amides is 1. The van der Waals surface area contributed by atoms with Gasteiger partial charge in [0, 0.05) is 30.9 Å². The molecule has 0 spiro atoms. The normalized spacial score (nSPS) is 16.1. The zero-order valence-corrected chi connectivity index (χ0v) is 20.2. The molecule has 2 heterocycles. The van der Waals surface area contributed by atoms with Crippen LogP contribution >= 0.6 is 23.5 Å². The van der Waals surface area contributed by atoms with Crippen molar-refractivity contribution in [1.82, 2.24) is 9.29 Å². The maximum atomic E-state index is 13.4. The minimum absolute atomic E-state index is 0.0107. The molecule has 1 unspecified atom stereocenters. The molecule has 1 aromatic heterocycles. The molecule has 0 fully saturated rings. The molecule has 0 bridgehead atoms. The second-order valence-electron chi connectivity index (χ2n) is 7.38. The van der Waals surface area contributed by atoms with Crippen molar-refractivity contribution < 1.29 is 13.2 Å². The van der Waals surface area contributed by atoms with Gasteiger partial charge in [0.15, 0.2) is 0 Å². The van der Waals surface area contributed by atoms with E-state index in [2.05, 4.69) is 17.1 Å². The van der Waals surface area contributed by atoms with Crippen LogP contribution in [-0.2, 0) is 14.8 Å². The van der Waals surface area contributed by atoms with Crippen LogP contribution in [0.2, 0.25) is 0 Å². The number of carbonyl (C=O) groups excluding carboxylic acids is 1. The first-order valence-corrected chi connectivity index (χ1v) is 13.4. The molecule has 1 atom stereocenters. The van der Waals surface area contributed by atoms with Gasteiger partial charge < -0.3 is 4.90 Å². The maximum Gasteiger partial charge on any atom is 0.244 e. The summed E-state index contributed by atoms with van der Waals surface area (Å²) in [5, 5.41) is 0.604. The molecule has 9 heteroatoms. The number of sulfonamides is 1.